The van der Waals surface area contributed by atoms with Crippen LogP contribution >= 0.6 is 0 Å². The monoisotopic (exact) mass is 490 g/mol. The Morgan fingerprint density at radius 1 is 0.778 bits per heavy atom. The van der Waals surface area contributed by atoms with Crippen LogP contribution in [0.4, 0.5) is 13.2 Å². The van der Waals surface area contributed by atoms with Gasteiger partial charge in [0.15, 0.2) is 0 Å². The van der Waals surface area contributed by atoms with Gasteiger partial charge in [-0.15, -0.1) is 0 Å². The molecule has 5 heteroatoms. The van der Waals surface area contributed by atoms with Gasteiger partial charge in [-0.1, -0.05) is 85.3 Å². The van der Waals surface area contributed by atoms with Gasteiger partial charge in [-0.2, -0.15) is 13.2 Å². The Bertz CT molecular complexity index is 1110. The lowest BCUT2D eigenvalue weighted by Crippen LogP contribution is -2.71. The van der Waals surface area contributed by atoms with Gasteiger partial charge >= 0.3 is 6.18 Å². The van der Waals surface area contributed by atoms with Crippen molar-refractivity contribution in [2.45, 2.75) is 74.9 Å². The molecule has 4 aliphatic rings. The van der Waals surface area contributed by atoms with E-state index in [-0.39, 0.29) is 24.5 Å². The van der Waals surface area contributed by atoms with Crippen molar-refractivity contribution in [3.8, 4) is 0 Å². The second kappa shape index (κ2) is 9.68. The summed E-state index contributed by atoms with van der Waals surface area (Å²) >= 11 is 0. The minimum Gasteiger partial charge on any atom is -0.308 e. The van der Waals surface area contributed by atoms with Crippen LogP contribution in [-0.4, -0.2) is 29.1 Å². The van der Waals surface area contributed by atoms with E-state index in [2.05, 4.69) is 70.9 Å². The smallest absolute Gasteiger partial charge is 0.308 e. The molecule has 3 aromatic rings. The predicted octanol–water partition coefficient (Wildman–Crippen LogP) is 7.01. The number of hydrogen-bond donors (Lipinski definition) is 1. The molecule has 2 nitrogen and oxygen atoms in total. The Kier molecular flexibility index (Phi) is 6.38. The second-order valence-electron chi connectivity index (χ2n) is 10.8. The van der Waals surface area contributed by atoms with Crippen LogP contribution in [0.15, 0.2) is 84.9 Å². The summed E-state index contributed by atoms with van der Waals surface area (Å²) in [7, 11) is 0. The molecule has 4 fully saturated rings. The highest BCUT2D eigenvalue weighted by Gasteiger charge is 2.54. The van der Waals surface area contributed by atoms with Crippen molar-refractivity contribution in [1.29, 1.82) is 0 Å². The van der Waals surface area contributed by atoms with Gasteiger partial charge in [0.05, 0.1) is 5.56 Å². The molecule has 4 heterocycles. The Morgan fingerprint density at radius 2 is 1.33 bits per heavy atom. The van der Waals surface area contributed by atoms with Gasteiger partial charge in [-0.05, 0) is 54.4 Å². The number of benzene rings is 3. The van der Waals surface area contributed by atoms with Gasteiger partial charge < -0.3 is 5.32 Å². The summed E-state index contributed by atoms with van der Waals surface area (Å²) < 4.78 is 41.2. The van der Waals surface area contributed by atoms with E-state index < -0.39 is 11.7 Å². The molecule has 4 atom stereocenters. The third-order valence-corrected chi connectivity index (χ3v) is 8.80. The van der Waals surface area contributed by atoms with E-state index in [0.29, 0.717) is 23.6 Å². The summed E-state index contributed by atoms with van der Waals surface area (Å²) in [5, 5.41) is 3.70. The third-order valence-electron chi connectivity index (χ3n) is 8.80. The van der Waals surface area contributed by atoms with E-state index in [0.717, 1.165) is 12.8 Å². The summed E-state index contributed by atoms with van der Waals surface area (Å²) in [6.07, 6.45) is 1.67. The number of piperidine rings is 4. The Hall–Kier alpha value is -2.63. The van der Waals surface area contributed by atoms with E-state index >= 15 is 0 Å². The number of alkyl halides is 3. The molecule has 3 unspecified atom stereocenters. The molecular formula is C31H33F3N2. The number of halogens is 3. The highest BCUT2D eigenvalue weighted by Crippen LogP contribution is 2.50. The SMILES string of the molecule is FC(F)(F)c1ccccc1CNC1C2CC3CCCC(C2)N3[C@H]1C(c1ccccc1)c1ccccc1. The minimum atomic E-state index is -4.35. The van der Waals surface area contributed by atoms with Gasteiger partial charge in [0.25, 0.3) is 0 Å². The number of nitrogens with one attached hydrogen (secondary N) is 1. The molecule has 188 valence electrons. The summed E-state index contributed by atoms with van der Waals surface area (Å²) in [5.41, 5.74) is 2.36. The minimum absolute atomic E-state index is 0.127. The average molecular weight is 491 g/mol. The maximum atomic E-state index is 13.7. The zero-order chi connectivity index (χ0) is 24.7. The second-order valence-corrected chi connectivity index (χ2v) is 10.8. The molecule has 3 aromatic carbocycles. The Morgan fingerprint density at radius 3 is 1.92 bits per heavy atom. The normalized spacial score (nSPS) is 29.4. The molecule has 4 saturated heterocycles. The Labute approximate surface area is 211 Å². The average Bonchev–Trinajstić information content (AvgIpc) is 2.89. The van der Waals surface area contributed by atoms with Crippen LogP contribution < -0.4 is 5.32 Å². The number of hydrogen-bond acceptors (Lipinski definition) is 2. The van der Waals surface area contributed by atoms with Crippen molar-refractivity contribution < 1.29 is 13.2 Å². The van der Waals surface area contributed by atoms with Crippen molar-refractivity contribution in [2.75, 3.05) is 0 Å². The van der Waals surface area contributed by atoms with Crippen LogP contribution in [0.2, 0.25) is 0 Å². The van der Waals surface area contributed by atoms with Crippen LogP contribution in [-0.2, 0) is 12.7 Å². The molecule has 0 aliphatic carbocycles. The molecule has 0 spiro atoms. The summed E-state index contributed by atoms with van der Waals surface area (Å²) in [6, 6.07) is 28.9. The van der Waals surface area contributed by atoms with Crippen LogP contribution in [0.3, 0.4) is 0 Å². The number of nitrogens with zero attached hydrogens (tertiary/aromatic N) is 1. The first-order chi connectivity index (χ1) is 17.5. The number of rotatable bonds is 6. The van der Waals surface area contributed by atoms with Crippen molar-refractivity contribution in [1.82, 2.24) is 10.2 Å². The molecule has 0 radical (unpaired) electrons. The van der Waals surface area contributed by atoms with E-state index in [4.69, 9.17) is 0 Å². The standard InChI is InChI=1S/C31H33F3N2/c32-31(33,34)27-17-8-7-14-23(27)20-35-29-24-18-25-15-9-16-26(19-24)36(25)30(29)28(21-10-3-1-4-11-21)22-12-5-2-6-13-22/h1-8,10-14,17,24-26,28-30,35H,9,15-16,18-20H2/t24?,25?,26?,29?,30-/m0/s1. The van der Waals surface area contributed by atoms with Crippen molar-refractivity contribution in [3.63, 3.8) is 0 Å². The van der Waals surface area contributed by atoms with Gasteiger partial charge in [0.1, 0.15) is 0 Å². The predicted molar refractivity (Wildman–Crippen MR) is 137 cm³/mol. The zero-order valence-electron chi connectivity index (χ0n) is 20.4. The van der Waals surface area contributed by atoms with Gasteiger partial charge in [-0.25, -0.2) is 0 Å². The number of fused-ring (bicyclic) bond motifs is 1. The van der Waals surface area contributed by atoms with Crippen LogP contribution in [0, 0.1) is 5.92 Å². The first-order valence-electron chi connectivity index (χ1n) is 13.3. The first-order valence-corrected chi connectivity index (χ1v) is 13.3. The van der Waals surface area contributed by atoms with Crippen LogP contribution in [0.1, 0.15) is 60.3 Å². The van der Waals surface area contributed by atoms with E-state index in [1.807, 2.05) is 0 Å². The van der Waals surface area contributed by atoms with Crippen LogP contribution in [0.25, 0.3) is 0 Å². The molecular weight excluding hydrogens is 457 g/mol. The fourth-order valence-electron chi connectivity index (χ4n) is 7.46. The summed E-state index contributed by atoms with van der Waals surface area (Å²) in [4.78, 5) is 2.78. The molecule has 0 aromatic heterocycles. The molecule has 4 aliphatic heterocycles. The lowest BCUT2D eigenvalue weighted by atomic mass is 9.63. The lowest BCUT2D eigenvalue weighted by molar-refractivity contribution is -0.138. The zero-order valence-corrected chi connectivity index (χ0v) is 20.4. The van der Waals surface area contributed by atoms with E-state index in [9.17, 15) is 13.2 Å². The summed E-state index contributed by atoms with van der Waals surface area (Å²) in [6.45, 7) is 0.229. The lowest BCUT2D eigenvalue weighted by Gasteiger charge is -2.63. The maximum Gasteiger partial charge on any atom is 0.416 e. The molecule has 7 rings (SSSR count). The topological polar surface area (TPSA) is 15.3 Å². The van der Waals surface area contributed by atoms with Crippen molar-refractivity contribution >= 4 is 0 Å². The molecule has 0 amide bonds. The van der Waals surface area contributed by atoms with Crippen molar-refractivity contribution in [3.05, 3.63) is 107 Å². The highest BCUT2D eigenvalue weighted by molar-refractivity contribution is 5.37. The maximum absolute atomic E-state index is 13.7. The van der Waals surface area contributed by atoms with Gasteiger partial charge in [0, 0.05) is 36.6 Å². The largest absolute Gasteiger partial charge is 0.416 e. The van der Waals surface area contributed by atoms with Gasteiger partial charge in [0.2, 0.25) is 0 Å². The van der Waals surface area contributed by atoms with Crippen molar-refractivity contribution in [2.24, 2.45) is 5.92 Å². The molecule has 1 N–H and O–H groups in total. The van der Waals surface area contributed by atoms with Crippen LogP contribution in [0.5, 0.6) is 0 Å². The van der Waals surface area contributed by atoms with E-state index in [1.165, 1.54) is 42.5 Å². The first kappa shape index (κ1) is 23.7. The fraction of sp³-hybridized carbons (Fsp3) is 0.419. The Balaban J connectivity index is 1.40. The quantitative estimate of drug-likeness (QED) is 0.400. The molecule has 0 saturated carbocycles. The fourth-order valence-corrected chi connectivity index (χ4v) is 7.46. The molecule has 4 bridgehead atoms. The third kappa shape index (κ3) is 4.37. The molecule has 36 heavy (non-hydrogen) atoms. The highest BCUT2D eigenvalue weighted by atomic mass is 19.4. The van der Waals surface area contributed by atoms with E-state index in [1.54, 1.807) is 12.1 Å². The summed E-state index contributed by atoms with van der Waals surface area (Å²) in [5.74, 6) is 0.636. The van der Waals surface area contributed by atoms with Gasteiger partial charge in [-0.3, -0.25) is 4.90 Å².